The zero-order valence-electron chi connectivity index (χ0n) is 16.6. The molecule has 2 aliphatic rings. The minimum absolute atomic E-state index is 0.0336. The number of hydrogen-bond acceptors (Lipinski definition) is 5. The Kier molecular flexibility index (Phi) is 5.52. The summed E-state index contributed by atoms with van der Waals surface area (Å²) in [5, 5.41) is 4.65. The second kappa shape index (κ2) is 8.29. The first-order valence-corrected chi connectivity index (χ1v) is 9.78. The molecule has 32 heavy (non-hydrogen) atoms. The lowest BCUT2D eigenvalue weighted by Gasteiger charge is -2.29. The SMILES string of the molecule is O=C1CCC(N2Cc3cc(CNC(=O)C(=O)c4ccc(F)c(F)c4)ccc3C2=O)C(=O)N1. The van der Waals surface area contributed by atoms with Crippen molar-refractivity contribution >= 4 is 29.4 Å². The van der Waals surface area contributed by atoms with E-state index in [1.807, 2.05) is 0 Å². The number of amides is 4. The van der Waals surface area contributed by atoms with Crippen LogP contribution in [0.2, 0.25) is 0 Å². The lowest BCUT2D eigenvalue weighted by Crippen LogP contribution is -2.52. The quantitative estimate of drug-likeness (QED) is 0.412. The summed E-state index contributed by atoms with van der Waals surface area (Å²) in [4.78, 5) is 61.8. The zero-order valence-corrected chi connectivity index (χ0v) is 16.6. The number of rotatable bonds is 5. The standard InChI is InChI=1S/C22H17F2N3O5/c23-15-4-2-12(8-16(15)24)19(29)21(31)25-9-11-1-3-14-13(7-11)10-27(22(14)32)17-5-6-18(28)26-20(17)30/h1-4,7-8,17H,5-6,9-10H2,(H,25,31)(H,26,28,30). The van der Waals surface area contributed by atoms with Crippen LogP contribution in [0.3, 0.4) is 0 Å². The van der Waals surface area contributed by atoms with Crippen LogP contribution in [0, 0.1) is 11.6 Å². The van der Waals surface area contributed by atoms with Crippen molar-refractivity contribution in [3.05, 3.63) is 70.3 Å². The summed E-state index contributed by atoms with van der Waals surface area (Å²) in [6.07, 6.45) is 0.402. The van der Waals surface area contributed by atoms with E-state index in [1.165, 1.54) is 4.90 Å². The monoisotopic (exact) mass is 441 g/mol. The van der Waals surface area contributed by atoms with Crippen LogP contribution in [-0.2, 0) is 27.5 Å². The van der Waals surface area contributed by atoms with Crippen LogP contribution in [-0.4, -0.2) is 40.4 Å². The molecule has 4 amide bonds. The van der Waals surface area contributed by atoms with Gasteiger partial charge in [0.2, 0.25) is 17.6 Å². The van der Waals surface area contributed by atoms with E-state index in [0.29, 0.717) is 22.8 Å². The first-order chi connectivity index (χ1) is 15.2. The molecule has 0 spiro atoms. The fourth-order valence-electron chi connectivity index (χ4n) is 3.77. The lowest BCUT2D eigenvalue weighted by atomic mass is 10.0. The molecule has 1 atom stereocenters. The Morgan fingerprint density at radius 2 is 1.84 bits per heavy atom. The van der Waals surface area contributed by atoms with Crippen LogP contribution in [0.1, 0.15) is 44.7 Å². The normalized spacial score (nSPS) is 17.8. The number of carbonyl (C=O) groups is 5. The Labute approximate surface area is 180 Å². The van der Waals surface area contributed by atoms with Crippen LogP contribution in [0.4, 0.5) is 8.78 Å². The second-order valence-electron chi connectivity index (χ2n) is 7.53. The second-order valence-corrected chi connectivity index (χ2v) is 7.53. The predicted octanol–water partition coefficient (Wildman–Crippen LogP) is 1.22. The molecule has 0 radical (unpaired) electrons. The molecule has 1 saturated heterocycles. The van der Waals surface area contributed by atoms with Crippen molar-refractivity contribution in [1.82, 2.24) is 15.5 Å². The molecule has 10 heteroatoms. The average molecular weight is 441 g/mol. The van der Waals surface area contributed by atoms with Gasteiger partial charge in [-0.3, -0.25) is 29.3 Å². The Balaban J connectivity index is 1.41. The fraction of sp³-hybridized carbons (Fsp3) is 0.227. The molecule has 2 N–H and O–H groups in total. The topological polar surface area (TPSA) is 113 Å². The number of piperidine rings is 1. The summed E-state index contributed by atoms with van der Waals surface area (Å²) >= 11 is 0. The highest BCUT2D eigenvalue weighted by atomic mass is 19.2. The van der Waals surface area contributed by atoms with Gasteiger partial charge in [0.25, 0.3) is 11.8 Å². The number of nitrogens with one attached hydrogen (secondary N) is 2. The third kappa shape index (κ3) is 3.98. The summed E-state index contributed by atoms with van der Waals surface area (Å²) in [5.74, 6) is -5.55. The number of imide groups is 1. The van der Waals surface area contributed by atoms with E-state index in [9.17, 15) is 32.8 Å². The molecule has 164 valence electrons. The van der Waals surface area contributed by atoms with Gasteiger partial charge in [-0.1, -0.05) is 12.1 Å². The summed E-state index contributed by atoms with van der Waals surface area (Å²) in [6.45, 7) is 0.143. The molecule has 8 nitrogen and oxygen atoms in total. The number of nitrogens with zero attached hydrogens (tertiary/aromatic N) is 1. The minimum Gasteiger partial charge on any atom is -0.345 e. The van der Waals surface area contributed by atoms with E-state index in [-0.39, 0.29) is 43.3 Å². The number of benzene rings is 2. The maximum absolute atomic E-state index is 13.3. The van der Waals surface area contributed by atoms with Gasteiger partial charge < -0.3 is 10.2 Å². The highest BCUT2D eigenvalue weighted by molar-refractivity contribution is 6.42. The predicted molar refractivity (Wildman–Crippen MR) is 105 cm³/mol. The molecule has 0 aromatic heterocycles. The van der Waals surface area contributed by atoms with Gasteiger partial charge in [-0.2, -0.15) is 0 Å². The molecular weight excluding hydrogens is 424 g/mol. The first-order valence-electron chi connectivity index (χ1n) is 9.78. The van der Waals surface area contributed by atoms with Gasteiger partial charge in [0.05, 0.1) is 0 Å². The number of hydrogen-bond donors (Lipinski definition) is 2. The number of ketones is 1. The average Bonchev–Trinajstić information content (AvgIpc) is 3.09. The molecule has 0 saturated carbocycles. The van der Waals surface area contributed by atoms with Crippen molar-refractivity contribution in [3.63, 3.8) is 0 Å². The largest absolute Gasteiger partial charge is 0.345 e. The minimum atomic E-state index is -1.23. The van der Waals surface area contributed by atoms with E-state index < -0.39 is 35.3 Å². The van der Waals surface area contributed by atoms with Crippen LogP contribution in [0.5, 0.6) is 0 Å². The van der Waals surface area contributed by atoms with E-state index in [0.717, 1.165) is 12.1 Å². The van der Waals surface area contributed by atoms with Crippen molar-refractivity contribution in [1.29, 1.82) is 0 Å². The number of Topliss-reactive ketones (excluding diaryl/α,β-unsaturated/α-hetero) is 1. The molecule has 2 aliphatic heterocycles. The Hall–Kier alpha value is -3.95. The maximum atomic E-state index is 13.3. The third-order valence-electron chi connectivity index (χ3n) is 5.43. The lowest BCUT2D eigenvalue weighted by molar-refractivity contribution is -0.137. The van der Waals surface area contributed by atoms with Gasteiger partial charge in [0, 0.05) is 30.6 Å². The molecule has 0 aliphatic carbocycles. The van der Waals surface area contributed by atoms with Gasteiger partial charge in [-0.25, -0.2) is 8.78 Å². The van der Waals surface area contributed by atoms with E-state index in [1.54, 1.807) is 18.2 Å². The summed E-state index contributed by atoms with van der Waals surface area (Å²) in [5.41, 5.74) is 1.40. The number of carbonyl (C=O) groups excluding carboxylic acids is 5. The summed E-state index contributed by atoms with van der Waals surface area (Å²) in [7, 11) is 0. The maximum Gasteiger partial charge on any atom is 0.292 e. The number of fused-ring (bicyclic) bond motifs is 1. The molecule has 2 aromatic carbocycles. The van der Waals surface area contributed by atoms with Gasteiger partial charge in [0.15, 0.2) is 11.6 Å². The van der Waals surface area contributed by atoms with Crippen LogP contribution < -0.4 is 10.6 Å². The van der Waals surface area contributed by atoms with Crippen LogP contribution in [0.15, 0.2) is 36.4 Å². The zero-order chi connectivity index (χ0) is 23.0. The smallest absolute Gasteiger partial charge is 0.292 e. The highest BCUT2D eigenvalue weighted by Crippen LogP contribution is 2.28. The van der Waals surface area contributed by atoms with Gasteiger partial charge >= 0.3 is 0 Å². The van der Waals surface area contributed by atoms with Gasteiger partial charge in [-0.15, -0.1) is 0 Å². The van der Waals surface area contributed by atoms with Crippen molar-refractivity contribution in [2.75, 3.05) is 0 Å². The van der Waals surface area contributed by atoms with Crippen molar-refractivity contribution in [3.8, 4) is 0 Å². The molecular formula is C22H17F2N3O5. The Morgan fingerprint density at radius 1 is 1.06 bits per heavy atom. The van der Waals surface area contributed by atoms with Crippen molar-refractivity contribution in [2.24, 2.45) is 0 Å². The van der Waals surface area contributed by atoms with Crippen molar-refractivity contribution < 1.29 is 32.8 Å². The molecule has 2 aromatic rings. The molecule has 1 unspecified atom stereocenters. The molecule has 1 fully saturated rings. The third-order valence-corrected chi connectivity index (χ3v) is 5.43. The summed E-state index contributed by atoms with van der Waals surface area (Å²) in [6, 6.07) is 6.56. The first kappa shape index (κ1) is 21.3. The van der Waals surface area contributed by atoms with E-state index in [4.69, 9.17) is 0 Å². The van der Waals surface area contributed by atoms with Gasteiger partial charge in [-0.05, 0) is 41.8 Å². The fourth-order valence-corrected chi connectivity index (χ4v) is 3.77. The van der Waals surface area contributed by atoms with Crippen LogP contribution in [0.25, 0.3) is 0 Å². The highest BCUT2D eigenvalue weighted by Gasteiger charge is 2.39. The Bertz CT molecular complexity index is 1180. The molecule has 4 rings (SSSR count). The van der Waals surface area contributed by atoms with Gasteiger partial charge in [0.1, 0.15) is 6.04 Å². The molecule has 2 heterocycles. The van der Waals surface area contributed by atoms with E-state index >= 15 is 0 Å². The molecule has 0 bridgehead atoms. The van der Waals surface area contributed by atoms with E-state index in [2.05, 4.69) is 10.6 Å². The van der Waals surface area contributed by atoms with Crippen molar-refractivity contribution in [2.45, 2.75) is 32.0 Å². The number of halogens is 2. The summed E-state index contributed by atoms with van der Waals surface area (Å²) < 4.78 is 26.3. The Morgan fingerprint density at radius 3 is 2.56 bits per heavy atom. The van der Waals surface area contributed by atoms with Crippen LogP contribution >= 0.6 is 0 Å².